The van der Waals surface area contributed by atoms with E-state index in [1.807, 2.05) is 0 Å². The SMILES string of the molecule is CCOC(=O)N1c2c(NC(=O)OC)cc(Cl)cc2[C@H](N(Cc2cc(C(F)(F)F)cc(C(F)(F)F)c2)C(=O)OC)C[C@@H]1C. The zero-order valence-electron chi connectivity index (χ0n) is 22.7. The van der Waals surface area contributed by atoms with E-state index in [0.717, 1.165) is 19.1 Å². The first kappa shape index (κ1) is 32.6. The van der Waals surface area contributed by atoms with Crippen LogP contribution in [-0.2, 0) is 33.1 Å². The van der Waals surface area contributed by atoms with Crippen LogP contribution in [0.15, 0.2) is 30.3 Å². The second-order valence-corrected chi connectivity index (χ2v) is 9.63. The number of benzene rings is 2. The molecule has 0 fully saturated rings. The van der Waals surface area contributed by atoms with Crippen molar-refractivity contribution in [3.05, 3.63) is 57.6 Å². The largest absolute Gasteiger partial charge is 0.453 e. The summed E-state index contributed by atoms with van der Waals surface area (Å²) in [5, 5.41) is 2.45. The summed E-state index contributed by atoms with van der Waals surface area (Å²) < 4.78 is 95.8. The number of methoxy groups -OCH3 is 2. The number of ether oxygens (including phenoxy) is 3. The summed E-state index contributed by atoms with van der Waals surface area (Å²) in [7, 11) is 2.08. The molecule has 1 heterocycles. The summed E-state index contributed by atoms with van der Waals surface area (Å²) in [5.41, 5.74) is -3.47. The topological polar surface area (TPSA) is 97.4 Å². The lowest BCUT2D eigenvalue weighted by Crippen LogP contribution is -2.48. The number of alkyl halides is 6. The molecule has 0 spiro atoms. The van der Waals surface area contributed by atoms with Gasteiger partial charge in [-0.15, -0.1) is 0 Å². The first-order valence-corrected chi connectivity index (χ1v) is 12.7. The number of fused-ring (bicyclic) bond motifs is 1. The molecule has 0 saturated heterocycles. The lowest BCUT2D eigenvalue weighted by Gasteiger charge is -2.43. The smallest absolute Gasteiger partial charge is 0.416 e. The number of nitrogens with one attached hydrogen (secondary N) is 1. The second-order valence-electron chi connectivity index (χ2n) is 9.19. The molecule has 0 aromatic heterocycles. The van der Waals surface area contributed by atoms with Crippen molar-refractivity contribution in [1.29, 1.82) is 0 Å². The number of rotatable bonds is 5. The van der Waals surface area contributed by atoms with Crippen molar-refractivity contribution in [3.63, 3.8) is 0 Å². The number of nitrogens with zero attached hydrogens (tertiary/aromatic N) is 2. The number of hydrogen-bond donors (Lipinski definition) is 1. The van der Waals surface area contributed by atoms with E-state index in [-0.39, 0.29) is 41.1 Å². The normalized spacial score (nSPS) is 16.8. The van der Waals surface area contributed by atoms with E-state index in [2.05, 4.69) is 10.1 Å². The minimum absolute atomic E-state index is 0.0143. The number of carbonyl (C=O) groups is 3. The summed E-state index contributed by atoms with van der Waals surface area (Å²) in [6, 6.07) is 1.77. The molecule has 1 aliphatic heterocycles. The van der Waals surface area contributed by atoms with Gasteiger partial charge in [-0.3, -0.25) is 15.1 Å². The Labute approximate surface area is 241 Å². The Kier molecular flexibility index (Phi) is 9.75. The molecule has 3 rings (SSSR count). The molecule has 3 amide bonds. The minimum Gasteiger partial charge on any atom is -0.453 e. The van der Waals surface area contributed by atoms with Gasteiger partial charge in [0, 0.05) is 23.2 Å². The number of anilines is 2. The van der Waals surface area contributed by atoms with Gasteiger partial charge in [-0.2, -0.15) is 26.3 Å². The number of hydrogen-bond acceptors (Lipinski definition) is 6. The third kappa shape index (κ3) is 7.12. The van der Waals surface area contributed by atoms with Crippen molar-refractivity contribution in [2.24, 2.45) is 0 Å². The summed E-state index contributed by atoms with van der Waals surface area (Å²) in [6.07, 6.45) is -13.1. The first-order chi connectivity index (χ1) is 19.5. The minimum atomic E-state index is -5.11. The molecule has 2 aromatic rings. The molecule has 42 heavy (non-hydrogen) atoms. The highest BCUT2D eigenvalue weighted by Gasteiger charge is 2.42. The van der Waals surface area contributed by atoms with Crippen LogP contribution in [0.2, 0.25) is 5.02 Å². The van der Waals surface area contributed by atoms with Crippen molar-refractivity contribution in [2.45, 2.75) is 51.2 Å². The van der Waals surface area contributed by atoms with Crippen molar-refractivity contribution >= 4 is 41.3 Å². The first-order valence-electron chi connectivity index (χ1n) is 12.3. The van der Waals surface area contributed by atoms with Gasteiger partial charge in [0.2, 0.25) is 0 Å². The van der Waals surface area contributed by atoms with Crippen LogP contribution < -0.4 is 10.2 Å². The third-order valence-electron chi connectivity index (χ3n) is 6.38. The van der Waals surface area contributed by atoms with Gasteiger partial charge in [-0.05, 0) is 56.2 Å². The molecule has 0 saturated carbocycles. The predicted molar refractivity (Wildman–Crippen MR) is 138 cm³/mol. The zero-order chi connectivity index (χ0) is 31.6. The van der Waals surface area contributed by atoms with Crippen LogP contribution >= 0.6 is 11.6 Å². The van der Waals surface area contributed by atoms with E-state index in [1.54, 1.807) is 13.8 Å². The lowest BCUT2D eigenvalue weighted by molar-refractivity contribution is -0.143. The molecule has 0 unspecified atom stereocenters. The second kappa shape index (κ2) is 12.5. The third-order valence-corrected chi connectivity index (χ3v) is 6.60. The number of amides is 3. The maximum Gasteiger partial charge on any atom is 0.416 e. The van der Waals surface area contributed by atoms with Gasteiger partial charge < -0.3 is 14.2 Å². The molecular formula is C26H26ClF6N3O6. The Bertz CT molecular complexity index is 1320. The molecule has 9 nitrogen and oxygen atoms in total. The van der Waals surface area contributed by atoms with Crippen LogP contribution in [0.25, 0.3) is 0 Å². The highest BCUT2D eigenvalue weighted by Crippen LogP contribution is 2.47. The lowest BCUT2D eigenvalue weighted by atomic mass is 9.89. The van der Waals surface area contributed by atoms with E-state index < -0.39 is 66.0 Å². The Balaban J connectivity index is 2.24. The van der Waals surface area contributed by atoms with Gasteiger partial charge >= 0.3 is 30.6 Å². The van der Waals surface area contributed by atoms with E-state index in [4.69, 9.17) is 21.1 Å². The quantitative estimate of drug-likeness (QED) is 0.271. The fourth-order valence-electron chi connectivity index (χ4n) is 4.66. The maximum atomic E-state index is 13.5. The zero-order valence-corrected chi connectivity index (χ0v) is 23.4. The molecule has 230 valence electrons. The van der Waals surface area contributed by atoms with Crippen molar-refractivity contribution in [2.75, 3.05) is 31.0 Å². The summed E-state index contributed by atoms with van der Waals surface area (Å²) in [4.78, 5) is 40.3. The predicted octanol–water partition coefficient (Wildman–Crippen LogP) is 7.62. The summed E-state index contributed by atoms with van der Waals surface area (Å²) >= 11 is 6.31. The average molecular weight is 626 g/mol. The molecule has 2 aromatic carbocycles. The van der Waals surface area contributed by atoms with Crippen LogP contribution in [0.4, 0.5) is 52.1 Å². The maximum absolute atomic E-state index is 13.5. The number of halogens is 7. The van der Waals surface area contributed by atoms with Gasteiger partial charge in [0.15, 0.2) is 0 Å². The van der Waals surface area contributed by atoms with Gasteiger partial charge in [0.25, 0.3) is 0 Å². The van der Waals surface area contributed by atoms with E-state index in [9.17, 15) is 40.7 Å². The van der Waals surface area contributed by atoms with Gasteiger partial charge in [0.05, 0.1) is 49.4 Å². The highest BCUT2D eigenvalue weighted by atomic mass is 35.5. The average Bonchev–Trinajstić information content (AvgIpc) is 2.90. The van der Waals surface area contributed by atoms with Gasteiger partial charge in [-0.25, -0.2) is 14.4 Å². The Morgan fingerprint density at radius 2 is 1.60 bits per heavy atom. The Morgan fingerprint density at radius 3 is 2.10 bits per heavy atom. The summed E-state index contributed by atoms with van der Waals surface area (Å²) in [6.45, 7) is 2.38. The van der Waals surface area contributed by atoms with Gasteiger partial charge in [0.1, 0.15) is 0 Å². The highest BCUT2D eigenvalue weighted by molar-refractivity contribution is 6.31. The van der Waals surface area contributed by atoms with Crippen LogP contribution in [-0.4, -0.2) is 50.0 Å². The van der Waals surface area contributed by atoms with Crippen molar-refractivity contribution in [1.82, 2.24) is 4.90 Å². The standard InChI is InChI=1S/C26H26ClF6N3O6/c1-5-42-24(39)36-13(2)6-20(18-10-17(27)11-19(21(18)36)34-22(37)40-3)35(23(38)41-4)12-14-7-15(25(28,29)30)9-16(8-14)26(31,32)33/h7-11,13,20H,5-6,12H2,1-4H3,(H,34,37)/t13-,20+/m0/s1. The van der Waals surface area contributed by atoms with Crippen LogP contribution in [0.3, 0.4) is 0 Å². The van der Waals surface area contributed by atoms with Crippen LogP contribution in [0.5, 0.6) is 0 Å². The number of carbonyl (C=O) groups excluding carboxylic acids is 3. The molecule has 1 N–H and O–H groups in total. The monoisotopic (exact) mass is 625 g/mol. The van der Waals surface area contributed by atoms with Crippen molar-refractivity contribution in [3.8, 4) is 0 Å². The molecule has 1 aliphatic rings. The molecule has 0 bridgehead atoms. The van der Waals surface area contributed by atoms with Crippen molar-refractivity contribution < 1.29 is 54.9 Å². The van der Waals surface area contributed by atoms with E-state index >= 15 is 0 Å². The Hall–Kier alpha value is -3.88. The Morgan fingerprint density at radius 1 is 1.00 bits per heavy atom. The fourth-order valence-corrected chi connectivity index (χ4v) is 4.89. The van der Waals surface area contributed by atoms with E-state index in [0.29, 0.717) is 12.1 Å². The summed E-state index contributed by atoms with van der Waals surface area (Å²) in [5.74, 6) is 0. The van der Waals surface area contributed by atoms with Crippen LogP contribution in [0, 0.1) is 0 Å². The fraction of sp³-hybridized carbons (Fsp3) is 0.423. The van der Waals surface area contributed by atoms with Gasteiger partial charge in [-0.1, -0.05) is 11.6 Å². The molecular weight excluding hydrogens is 600 g/mol. The molecule has 0 radical (unpaired) electrons. The molecule has 16 heteroatoms. The van der Waals surface area contributed by atoms with Crippen LogP contribution in [0.1, 0.15) is 48.6 Å². The molecule has 0 aliphatic carbocycles. The molecule has 2 atom stereocenters. The van der Waals surface area contributed by atoms with E-state index in [1.165, 1.54) is 17.0 Å².